The summed E-state index contributed by atoms with van der Waals surface area (Å²) in [5, 5.41) is 29.1. The highest BCUT2D eigenvalue weighted by atomic mass is 16.3. The van der Waals surface area contributed by atoms with Crippen LogP contribution in [0.2, 0.25) is 0 Å². The zero-order chi connectivity index (χ0) is 22.6. The maximum Gasteiger partial charge on any atom is 0.255 e. The van der Waals surface area contributed by atoms with Gasteiger partial charge in [0.05, 0.1) is 5.56 Å². The quantitative estimate of drug-likeness (QED) is 0.255. The molecule has 1 amide bonds. The molecule has 0 spiro atoms. The molecule has 7 N–H and O–H groups in total. The number of amides is 1. The first-order valence-electron chi connectivity index (χ1n) is 9.83. The summed E-state index contributed by atoms with van der Waals surface area (Å²) in [6, 6.07) is 10.0. The van der Waals surface area contributed by atoms with E-state index < -0.39 is 12.1 Å². The number of nitrogens with zero attached hydrogens (tertiary/aromatic N) is 2. The van der Waals surface area contributed by atoms with E-state index >= 15 is 0 Å². The summed E-state index contributed by atoms with van der Waals surface area (Å²) in [6.07, 6.45) is -1.31. The third-order valence-electron chi connectivity index (χ3n) is 5.04. The number of rotatable bonds is 8. The Hall–Kier alpha value is -3.10. The number of phenolic OH excluding ortho intramolecular Hbond substituents is 2. The Labute approximate surface area is 177 Å². The van der Waals surface area contributed by atoms with Crippen molar-refractivity contribution in [1.82, 2.24) is 4.90 Å². The Balaban J connectivity index is 2.49. The van der Waals surface area contributed by atoms with Gasteiger partial charge in [-0.2, -0.15) is 0 Å². The molecule has 0 aliphatic carbocycles. The van der Waals surface area contributed by atoms with Crippen LogP contribution in [0.5, 0.6) is 11.5 Å². The minimum Gasteiger partial charge on any atom is -0.508 e. The van der Waals surface area contributed by atoms with Crippen LogP contribution < -0.4 is 16.4 Å². The van der Waals surface area contributed by atoms with E-state index in [4.69, 9.17) is 16.9 Å². The van der Waals surface area contributed by atoms with Crippen LogP contribution in [0, 0.1) is 5.41 Å². The lowest BCUT2D eigenvalue weighted by atomic mass is 9.98. The molecule has 2 aromatic carbocycles. The van der Waals surface area contributed by atoms with Gasteiger partial charge in [0.25, 0.3) is 5.91 Å². The summed E-state index contributed by atoms with van der Waals surface area (Å²) in [4.78, 5) is 15.3. The van der Waals surface area contributed by atoms with Crippen molar-refractivity contribution >= 4 is 17.4 Å². The highest BCUT2D eigenvalue weighted by molar-refractivity contribution is 6.12. The lowest BCUT2D eigenvalue weighted by molar-refractivity contribution is -0.119. The lowest BCUT2D eigenvalue weighted by Crippen LogP contribution is -2.53. The minimum atomic E-state index is -1.31. The van der Waals surface area contributed by atoms with Crippen LogP contribution in [0.1, 0.15) is 43.4 Å². The summed E-state index contributed by atoms with van der Waals surface area (Å²) in [7, 11) is 2.01. The van der Waals surface area contributed by atoms with Gasteiger partial charge in [-0.3, -0.25) is 10.2 Å². The van der Waals surface area contributed by atoms with E-state index in [-0.39, 0.29) is 28.8 Å². The fraction of sp³-hybridized carbons (Fsp3) is 0.364. The Morgan fingerprint density at radius 1 is 1.13 bits per heavy atom. The van der Waals surface area contributed by atoms with Gasteiger partial charge in [0.1, 0.15) is 17.3 Å². The Kier molecular flexibility index (Phi) is 7.42. The molecule has 1 atom stereocenters. The SMILES string of the molecule is CCN(C)Cc1ccc(N(C(=N)c2cc(C(C)C)c(O)cc2O)C(N)C(N)=O)cc1. The van der Waals surface area contributed by atoms with Crippen LogP contribution in [0.25, 0.3) is 0 Å². The average molecular weight is 414 g/mol. The molecule has 0 saturated carbocycles. The molecule has 1 unspecified atom stereocenters. The van der Waals surface area contributed by atoms with Crippen molar-refractivity contribution in [2.45, 2.75) is 39.4 Å². The van der Waals surface area contributed by atoms with Crippen LogP contribution in [0.3, 0.4) is 0 Å². The van der Waals surface area contributed by atoms with Crippen molar-refractivity contribution in [2.75, 3.05) is 18.5 Å². The molecule has 162 valence electrons. The predicted molar refractivity (Wildman–Crippen MR) is 119 cm³/mol. The smallest absolute Gasteiger partial charge is 0.255 e. The van der Waals surface area contributed by atoms with E-state index in [2.05, 4.69) is 11.8 Å². The summed E-state index contributed by atoms with van der Waals surface area (Å²) in [5.74, 6) is -1.39. The number of primary amides is 1. The fourth-order valence-electron chi connectivity index (χ4n) is 3.12. The van der Waals surface area contributed by atoms with Crippen LogP contribution in [-0.4, -0.2) is 46.6 Å². The number of benzene rings is 2. The molecular formula is C22H31N5O3. The Morgan fingerprint density at radius 3 is 2.23 bits per heavy atom. The second kappa shape index (κ2) is 9.60. The van der Waals surface area contributed by atoms with Gasteiger partial charge < -0.3 is 31.5 Å². The van der Waals surface area contributed by atoms with Crippen molar-refractivity contribution in [1.29, 1.82) is 5.41 Å². The number of aromatic hydroxyl groups is 2. The normalized spacial score (nSPS) is 12.2. The topological polar surface area (TPSA) is 140 Å². The molecule has 8 heteroatoms. The summed E-state index contributed by atoms with van der Waals surface area (Å²) in [5.41, 5.74) is 13.7. The van der Waals surface area contributed by atoms with E-state index in [9.17, 15) is 15.0 Å². The van der Waals surface area contributed by atoms with Gasteiger partial charge in [0.15, 0.2) is 6.17 Å². The lowest BCUT2D eigenvalue weighted by Gasteiger charge is -2.30. The van der Waals surface area contributed by atoms with Gasteiger partial charge in [-0.15, -0.1) is 0 Å². The number of nitrogens with one attached hydrogen (secondary N) is 1. The summed E-state index contributed by atoms with van der Waals surface area (Å²) >= 11 is 0. The Morgan fingerprint density at radius 2 is 1.73 bits per heavy atom. The van der Waals surface area contributed by atoms with Crippen LogP contribution >= 0.6 is 0 Å². The molecule has 0 bridgehead atoms. The highest BCUT2D eigenvalue weighted by Gasteiger charge is 2.27. The number of phenols is 2. The minimum absolute atomic E-state index is 0.0368. The molecule has 8 nitrogen and oxygen atoms in total. The third kappa shape index (κ3) is 5.08. The van der Waals surface area contributed by atoms with Gasteiger partial charge in [-0.1, -0.05) is 32.9 Å². The monoisotopic (exact) mass is 413 g/mol. The maximum atomic E-state index is 11.9. The molecule has 30 heavy (non-hydrogen) atoms. The second-order valence-corrected chi connectivity index (χ2v) is 7.65. The van der Waals surface area contributed by atoms with Crippen molar-refractivity contribution in [3.63, 3.8) is 0 Å². The predicted octanol–water partition coefficient (Wildman–Crippen LogP) is 2.27. The van der Waals surface area contributed by atoms with Crippen molar-refractivity contribution in [2.24, 2.45) is 11.5 Å². The first-order chi connectivity index (χ1) is 14.1. The molecular weight excluding hydrogens is 382 g/mol. The molecule has 0 radical (unpaired) electrons. The molecule has 2 aromatic rings. The van der Waals surface area contributed by atoms with Crippen LogP contribution in [-0.2, 0) is 11.3 Å². The first-order valence-corrected chi connectivity index (χ1v) is 9.83. The van der Waals surface area contributed by atoms with Crippen LogP contribution in [0.4, 0.5) is 5.69 Å². The van der Waals surface area contributed by atoms with Gasteiger partial charge in [-0.25, -0.2) is 0 Å². The molecule has 2 rings (SSSR count). The number of hydrogen-bond donors (Lipinski definition) is 5. The standard InChI is InChI=1S/C22H31N5O3/c1-5-26(4)12-14-6-8-15(9-7-14)27(21(24)22(25)30)20(23)17-10-16(13(2)3)18(28)11-19(17)29/h6-11,13,21,23,28-29H,5,12,24H2,1-4H3,(H2,25,30). The number of carbonyl (C=O) groups excluding carboxylic acids is 1. The summed E-state index contributed by atoms with van der Waals surface area (Å²) < 4.78 is 0. The van der Waals surface area contributed by atoms with Gasteiger partial charge in [0, 0.05) is 18.3 Å². The van der Waals surface area contributed by atoms with E-state index in [1.165, 1.54) is 17.0 Å². The van der Waals surface area contributed by atoms with Crippen molar-refractivity contribution in [3.05, 3.63) is 53.1 Å². The molecule has 0 heterocycles. The highest BCUT2D eigenvalue weighted by Crippen LogP contribution is 2.33. The van der Waals surface area contributed by atoms with Crippen molar-refractivity contribution in [3.8, 4) is 11.5 Å². The first kappa shape index (κ1) is 23.2. The van der Waals surface area contributed by atoms with Gasteiger partial charge in [0.2, 0.25) is 0 Å². The van der Waals surface area contributed by atoms with E-state index in [1.807, 2.05) is 33.0 Å². The fourth-order valence-corrected chi connectivity index (χ4v) is 3.12. The number of nitrogens with two attached hydrogens (primary N) is 2. The third-order valence-corrected chi connectivity index (χ3v) is 5.04. The van der Waals surface area contributed by atoms with E-state index in [0.29, 0.717) is 11.3 Å². The molecule has 0 fully saturated rings. The number of anilines is 1. The second-order valence-electron chi connectivity index (χ2n) is 7.65. The largest absolute Gasteiger partial charge is 0.508 e. The van der Waals surface area contributed by atoms with Crippen molar-refractivity contribution < 1.29 is 15.0 Å². The molecule has 0 aromatic heterocycles. The zero-order valence-corrected chi connectivity index (χ0v) is 17.9. The Bertz CT molecular complexity index is 912. The molecule has 0 aliphatic rings. The number of hydrogen-bond acceptors (Lipinski definition) is 6. The van der Waals surface area contributed by atoms with Gasteiger partial charge >= 0.3 is 0 Å². The number of carbonyl (C=O) groups is 1. The molecule has 0 aliphatic heterocycles. The summed E-state index contributed by atoms with van der Waals surface area (Å²) in [6.45, 7) is 7.51. The zero-order valence-electron chi connectivity index (χ0n) is 17.9. The van der Waals surface area contributed by atoms with E-state index in [0.717, 1.165) is 18.7 Å². The average Bonchev–Trinajstić information content (AvgIpc) is 2.68. The van der Waals surface area contributed by atoms with Crippen LogP contribution in [0.15, 0.2) is 36.4 Å². The molecule has 0 saturated heterocycles. The van der Waals surface area contributed by atoms with Gasteiger partial charge in [-0.05, 0) is 48.8 Å². The number of amidine groups is 1. The van der Waals surface area contributed by atoms with E-state index in [1.54, 1.807) is 12.1 Å². The maximum absolute atomic E-state index is 11.9.